The van der Waals surface area contributed by atoms with Gasteiger partial charge in [0.05, 0.1) is 19.2 Å². The molecule has 0 aromatic heterocycles. The van der Waals surface area contributed by atoms with Crippen molar-refractivity contribution in [2.45, 2.75) is 45.7 Å². The van der Waals surface area contributed by atoms with E-state index in [-0.39, 0.29) is 29.8 Å². The minimum absolute atomic E-state index is 0.124. The van der Waals surface area contributed by atoms with Gasteiger partial charge in [0.1, 0.15) is 11.8 Å². The molecule has 0 saturated carbocycles. The lowest BCUT2D eigenvalue weighted by Gasteiger charge is -2.28. The van der Waals surface area contributed by atoms with Crippen molar-refractivity contribution < 1.29 is 24.2 Å². The number of hydrogen-bond acceptors (Lipinski definition) is 4. The molecule has 0 fully saturated rings. The zero-order chi connectivity index (χ0) is 25.1. The normalized spacial score (nSPS) is 16.4. The van der Waals surface area contributed by atoms with Gasteiger partial charge in [0.25, 0.3) is 0 Å². The third kappa shape index (κ3) is 4.85. The van der Waals surface area contributed by atoms with Crippen LogP contribution in [0.5, 0.6) is 5.75 Å². The van der Waals surface area contributed by atoms with Gasteiger partial charge >= 0.3 is 5.97 Å². The monoisotopic (exact) mass is 474 g/mol. The fourth-order valence-electron chi connectivity index (χ4n) is 4.53. The number of amides is 2. The van der Waals surface area contributed by atoms with Crippen LogP contribution in [0.25, 0.3) is 10.8 Å². The first-order chi connectivity index (χ1) is 16.8. The lowest BCUT2D eigenvalue weighted by atomic mass is 10.00. The molecule has 2 N–H and O–H groups in total. The number of aromatic carboxylic acids is 1. The number of rotatable bonds is 7. The summed E-state index contributed by atoms with van der Waals surface area (Å²) in [5.74, 6) is -0.868. The molecule has 182 valence electrons. The molecule has 4 rings (SSSR count). The maximum atomic E-state index is 13.8. The second kappa shape index (κ2) is 10.2. The Labute approximate surface area is 204 Å². The minimum Gasteiger partial charge on any atom is -0.496 e. The van der Waals surface area contributed by atoms with Gasteiger partial charge in [-0.3, -0.25) is 9.59 Å². The maximum Gasteiger partial charge on any atom is 0.335 e. The van der Waals surface area contributed by atoms with Gasteiger partial charge in [0.2, 0.25) is 11.8 Å². The molecule has 7 nitrogen and oxygen atoms in total. The van der Waals surface area contributed by atoms with Crippen LogP contribution in [0.1, 0.15) is 48.2 Å². The van der Waals surface area contributed by atoms with Crippen molar-refractivity contribution in [1.82, 2.24) is 5.32 Å². The van der Waals surface area contributed by atoms with Crippen LogP contribution in [0.2, 0.25) is 0 Å². The molecule has 3 aromatic carbocycles. The molecule has 7 heteroatoms. The lowest BCUT2D eigenvalue weighted by molar-refractivity contribution is -0.129. The van der Waals surface area contributed by atoms with E-state index in [0.29, 0.717) is 25.0 Å². The first-order valence-electron chi connectivity index (χ1n) is 11.9. The number of nitrogens with one attached hydrogen (secondary N) is 1. The molecular weight excluding hydrogens is 444 g/mol. The SMILES string of the molecule is CC[C@@H](C)C(=O)N[C@H]1CCc2ccccc2N(Cc2c(OC)ccc3cc(C(=O)O)ccc23)C1=O. The highest BCUT2D eigenvalue weighted by molar-refractivity contribution is 6.02. The highest BCUT2D eigenvalue weighted by atomic mass is 16.5. The Morgan fingerprint density at radius 1 is 1.17 bits per heavy atom. The van der Waals surface area contributed by atoms with Gasteiger partial charge in [0, 0.05) is 17.2 Å². The smallest absolute Gasteiger partial charge is 0.335 e. The number of aryl methyl sites for hydroxylation is 1. The molecule has 3 aromatic rings. The molecule has 2 atom stereocenters. The number of fused-ring (bicyclic) bond motifs is 2. The number of ether oxygens (including phenoxy) is 1. The highest BCUT2D eigenvalue weighted by Crippen LogP contribution is 2.34. The number of hydrogen-bond donors (Lipinski definition) is 2. The molecule has 2 amide bonds. The summed E-state index contributed by atoms with van der Waals surface area (Å²) in [5.41, 5.74) is 2.81. The summed E-state index contributed by atoms with van der Waals surface area (Å²) >= 11 is 0. The highest BCUT2D eigenvalue weighted by Gasteiger charge is 2.33. The largest absolute Gasteiger partial charge is 0.496 e. The molecule has 0 radical (unpaired) electrons. The Hall–Kier alpha value is -3.87. The molecule has 0 unspecified atom stereocenters. The van der Waals surface area contributed by atoms with Crippen LogP contribution >= 0.6 is 0 Å². The molecule has 0 bridgehead atoms. The fraction of sp³-hybridized carbons (Fsp3) is 0.321. The van der Waals surface area contributed by atoms with E-state index in [1.165, 1.54) is 0 Å². The van der Waals surface area contributed by atoms with E-state index in [9.17, 15) is 19.5 Å². The van der Waals surface area contributed by atoms with Gasteiger partial charge in [-0.25, -0.2) is 4.79 Å². The third-order valence-electron chi connectivity index (χ3n) is 6.80. The number of benzene rings is 3. The first kappa shape index (κ1) is 24.3. The van der Waals surface area contributed by atoms with Crippen LogP contribution in [0.3, 0.4) is 0 Å². The lowest BCUT2D eigenvalue weighted by Crippen LogP contribution is -2.49. The van der Waals surface area contributed by atoms with Crippen molar-refractivity contribution in [2.75, 3.05) is 12.0 Å². The zero-order valence-corrected chi connectivity index (χ0v) is 20.2. The van der Waals surface area contributed by atoms with Crippen LogP contribution in [-0.2, 0) is 22.6 Å². The van der Waals surface area contributed by atoms with Crippen LogP contribution in [-0.4, -0.2) is 36.0 Å². The number of anilines is 1. The summed E-state index contributed by atoms with van der Waals surface area (Å²) in [6.07, 6.45) is 1.88. The van der Waals surface area contributed by atoms with Crippen molar-refractivity contribution in [3.8, 4) is 5.75 Å². The number of carboxylic acids is 1. The summed E-state index contributed by atoms with van der Waals surface area (Å²) in [6, 6.07) is 15.7. The van der Waals surface area contributed by atoms with Crippen molar-refractivity contribution in [2.24, 2.45) is 5.92 Å². The average Bonchev–Trinajstić information content (AvgIpc) is 3.00. The van der Waals surface area contributed by atoms with E-state index in [1.54, 1.807) is 36.3 Å². The second-order valence-electron chi connectivity index (χ2n) is 8.95. The number of para-hydroxylation sites is 1. The zero-order valence-electron chi connectivity index (χ0n) is 20.2. The number of carboxylic acid groups (broad SMARTS) is 1. The van der Waals surface area contributed by atoms with Gasteiger partial charge < -0.3 is 20.1 Å². The first-order valence-corrected chi connectivity index (χ1v) is 11.9. The molecule has 1 aliphatic rings. The molecule has 0 aliphatic carbocycles. The number of methoxy groups -OCH3 is 1. The molecule has 0 spiro atoms. The van der Waals surface area contributed by atoms with Gasteiger partial charge in [-0.1, -0.05) is 44.2 Å². The van der Waals surface area contributed by atoms with Crippen molar-refractivity contribution in [3.05, 3.63) is 71.3 Å². The van der Waals surface area contributed by atoms with Crippen LogP contribution in [0, 0.1) is 5.92 Å². The Morgan fingerprint density at radius 2 is 1.94 bits per heavy atom. The molecule has 0 saturated heterocycles. The van der Waals surface area contributed by atoms with E-state index in [2.05, 4.69) is 5.32 Å². The van der Waals surface area contributed by atoms with E-state index in [0.717, 1.165) is 27.6 Å². The van der Waals surface area contributed by atoms with Crippen molar-refractivity contribution in [3.63, 3.8) is 0 Å². The summed E-state index contributed by atoms with van der Waals surface area (Å²) in [7, 11) is 1.57. The number of carbonyl (C=O) groups excluding carboxylic acids is 2. The average molecular weight is 475 g/mol. The Kier molecular flexibility index (Phi) is 7.05. The summed E-state index contributed by atoms with van der Waals surface area (Å²) < 4.78 is 5.64. The third-order valence-corrected chi connectivity index (χ3v) is 6.80. The molecule has 1 aliphatic heterocycles. The van der Waals surface area contributed by atoms with Gasteiger partial charge in [-0.05, 0) is 59.9 Å². The van der Waals surface area contributed by atoms with E-state index in [1.807, 2.05) is 44.2 Å². The van der Waals surface area contributed by atoms with Crippen LogP contribution in [0.15, 0.2) is 54.6 Å². The molecule has 35 heavy (non-hydrogen) atoms. The maximum absolute atomic E-state index is 13.8. The van der Waals surface area contributed by atoms with E-state index < -0.39 is 12.0 Å². The minimum atomic E-state index is -0.999. The molecule has 1 heterocycles. The summed E-state index contributed by atoms with van der Waals surface area (Å²) in [6.45, 7) is 4.03. The topological polar surface area (TPSA) is 95.9 Å². The van der Waals surface area contributed by atoms with E-state index in [4.69, 9.17) is 4.74 Å². The van der Waals surface area contributed by atoms with Crippen LogP contribution < -0.4 is 15.0 Å². The second-order valence-corrected chi connectivity index (χ2v) is 8.95. The molecular formula is C28H30N2O5. The van der Waals surface area contributed by atoms with Gasteiger partial charge in [-0.15, -0.1) is 0 Å². The quantitative estimate of drug-likeness (QED) is 0.524. The fourth-order valence-corrected chi connectivity index (χ4v) is 4.53. The predicted octanol–water partition coefficient (Wildman–Crippen LogP) is 4.56. The van der Waals surface area contributed by atoms with Crippen molar-refractivity contribution >= 4 is 34.2 Å². The van der Waals surface area contributed by atoms with Crippen LogP contribution in [0.4, 0.5) is 5.69 Å². The van der Waals surface area contributed by atoms with E-state index >= 15 is 0 Å². The van der Waals surface area contributed by atoms with Gasteiger partial charge in [0.15, 0.2) is 0 Å². The number of nitrogens with zero attached hydrogens (tertiary/aromatic N) is 1. The summed E-state index contributed by atoms with van der Waals surface area (Å²) in [5, 5.41) is 13.9. The Morgan fingerprint density at radius 3 is 2.66 bits per heavy atom. The Balaban J connectivity index is 1.78. The predicted molar refractivity (Wildman–Crippen MR) is 135 cm³/mol. The summed E-state index contributed by atoms with van der Waals surface area (Å²) in [4.78, 5) is 39.7. The Bertz CT molecular complexity index is 1290. The number of carbonyl (C=O) groups is 3. The van der Waals surface area contributed by atoms with Gasteiger partial charge in [-0.2, -0.15) is 0 Å². The van der Waals surface area contributed by atoms with Crippen molar-refractivity contribution in [1.29, 1.82) is 0 Å². The standard InChI is InChI=1S/C28H30N2O5/c1-4-17(2)26(31)29-23-13-10-18-7-5-6-8-24(18)30(27(23)32)16-22-21-12-9-20(28(33)34)15-19(21)11-14-25(22)35-3/h5-9,11-12,14-15,17,23H,4,10,13,16H2,1-3H3,(H,29,31)(H,33,34)/t17-,23+/m1/s1.